The smallest absolute Gasteiger partial charge is 0.247 e. The van der Waals surface area contributed by atoms with E-state index in [1.54, 1.807) is 12.1 Å². The van der Waals surface area contributed by atoms with Gasteiger partial charge in [0.15, 0.2) is 11.6 Å². The van der Waals surface area contributed by atoms with Crippen LogP contribution in [-0.4, -0.2) is 26.0 Å². The van der Waals surface area contributed by atoms with E-state index in [0.29, 0.717) is 0 Å². The predicted octanol–water partition coefficient (Wildman–Crippen LogP) is 4.09. The second-order valence-corrected chi connectivity index (χ2v) is 6.10. The number of hydrogen-bond acceptors (Lipinski definition) is 5. The van der Waals surface area contributed by atoms with Crippen LogP contribution in [0.15, 0.2) is 36.7 Å². The number of nitrogens with one attached hydrogen (secondary N) is 1. The zero-order valence-electron chi connectivity index (χ0n) is 14.5. The Labute approximate surface area is 149 Å². The van der Waals surface area contributed by atoms with Crippen molar-refractivity contribution in [2.24, 2.45) is 0 Å². The van der Waals surface area contributed by atoms with Gasteiger partial charge < -0.3 is 15.2 Å². The van der Waals surface area contributed by atoms with Crippen molar-refractivity contribution in [3.05, 3.63) is 53.9 Å². The Morgan fingerprint density at radius 3 is 2.62 bits per heavy atom. The lowest BCUT2D eigenvalue weighted by Crippen LogP contribution is -2.08. The molecule has 3 rings (SSSR count). The summed E-state index contributed by atoms with van der Waals surface area (Å²) in [4.78, 5) is 4.04. The molecule has 0 aliphatic heterocycles. The summed E-state index contributed by atoms with van der Waals surface area (Å²) >= 11 is 0. The topological polar surface area (TPSA) is 72.2 Å². The Morgan fingerprint density at radius 1 is 1.15 bits per heavy atom. The summed E-state index contributed by atoms with van der Waals surface area (Å²) in [5, 5.41) is 16.4. The highest BCUT2D eigenvalue weighted by atomic mass is 19.1. The number of nitrogens with zero attached hydrogens (tertiary/aromatic N) is 3. The number of aryl methyl sites for hydroxylation is 1. The molecular weight excluding hydrogens is 342 g/mol. The van der Waals surface area contributed by atoms with Gasteiger partial charge in [0.05, 0.1) is 17.5 Å². The maximum Gasteiger partial charge on any atom is 0.247 e. The number of aromatic hydroxyl groups is 1. The molecule has 8 heteroatoms. The number of aromatic nitrogens is 3. The second-order valence-electron chi connectivity index (χ2n) is 6.10. The zero-order valence-corrected chi connectivity index (χ0v) is 14.5. The lowest BCUT2D eigenvalue weighted by Gasteiger charge is -2.14. The summed E-state index contributed by atoms with van der Waals surface area (Å²) in [6.07, 6.45) is 1.16. The molecule has 6 nitrogen and oxygen atoms in total. The molecule has 0 fully saturated rings. The van der Waals surface area contributed by atoms with Gasteiger partial charge in [0.1, 0.15) is 17.9 Å². The molecule has 3 aromatic rings. The Kier molecular flexibility index (Phi) is 4.75. The standard InChI is InChI=1S/C18H18F2N4O2/c1-10(2)26-16-5-11(3)4-15(17(16)20)22-18-21-9-24(23-18)13-6-12(19)7-14(25)8-13/h4-10,25H,1-3H3,(H,22,23). The van der Waals surface area contributed by atoms with E-state index in [2.05, 4.69) is 15.4 Å². The molecule has 26 heavy (non-hydrogen) atoms. The van der Waals surface area contributed by atoms with Gasteiger partial charge in [-0.25, -0.2) is 13.5 Å². The lowest BCUT2D eigenvalue weighted by molar-refractivity contribution is 0.231. The summed E-state index contributed by atoms with van der Waals surface area (Å²) in [6.45, 7) is 5.44. The molecule has 0 saturated heterocycles. The normalized spacial score (nSPS) is 11.0. The molecule has 2 aromatic carbocycles. The number of halogens is 2. The van der Waals surface area contributed by atoms with Crippen molar-refractivity contribution >= 4 is 11.6 Å². The lowest BCUT2D eigenvalue weighted by atomic mass is 10.2. The molecule has 0 bridgehead atoms. The highest BCUT2D eigenvalue weighted by Gasteiger charge is 2.14. The van der Waals surface area contributed by atoms with E-state index >= 15 is 0 Å². The third kappa shape index (κ3) is 3.90. The van der Waals surface area contributed by atoms with Crippen molar-refractivity contribution in [1.82, 2.24) is 14.8 Å². The SMILES string of the molecule is Cc1cc(Nc2ncn(-c3cc(O)cc(F)c3)n2)c(F)c(OC(C)C)c1. The Bertz CT molecular complexity index is 921. The van der Waals surface area contributed by atoms with Crippen LogP contribution in [0.4, 0.5) is 20.4 Å². The fraction of sp³-hybridized carbons (Fsp3) is 0.222. The highest BCUT2D eigenvalue weighted by molar-refractivity contribution is 5.59. The quantitative estimate of drug-likeness (QED) is 0.717. The van der Waals surface area contributed by atoms with Gasteiger partial charge in [-0.3, -0.25) is 0 Å². The molecule has 0 amide bonds. The van der Waals surface area contributed by atoms with Crippen LogP contribution in [0.2, 0.25) is 0 Å². The molecule has 0 spiro atoms. The van der Waals surface area contributed by atoms with Crippen LogP contribution in [-0.2, 0) is 0 Å². The van der Waals surface area contributed by atoms with Crippen molar-refractivity contribution in [2.75, 3.05) is 5.32 Å². The zero-order chi connectivity index (χ0) is 18.8. The predicted molar refractivity (Wildman–Crippen MR) is 93.2 cm³/mol. The van der Waals surface area contributed by atoms with Gasteiger partial charge in [-0.15, -0.1) is 5.10 Å². The van der Waals surface area contributed by atoms with Crippen molar-refractivity contribution in [1.29, 1.82) is 0 Å². The van der Waals surface area contributed by atoms with Crippen molar-refractivity contribution in [2.45, 2.75) is 26.9 Å². The number of phenols is 1. The summed E-state index contributed by atoms with van der Waals surface area (Å²) in [5.41, 5.74) is 1.26. The first-order valence-electron chi connectivity index (χ1n) is 7.97. The highest BCUT2D eigenvalue weighted by Crippen LogP contribution is 2.29. The van der Waals surface area contributed by atoms with E-state index in [4.69, 9.17) is 4.74 Å². The fourth-order valence-corrected chi connectivity index (χ4v) is 2.42. The summed E-state index contributed by atoms with van der Waals surface area (Å²) in [7, 11) is 0. The molecule has 0 unspecified atom stereocenters. The molecular formula is C18H18F2N4O2. The van der Waals surface area contributed by atoms with Crippen LogP contribution in [0.25, 0.3) is 5.69 Å². The Balaban J connectivity index is 1.88. The average molecular weight is 360 g/mol. The molecule has 0 aliphatic carbocycles. The molecule has 136 valence electrons. The average Bonchev–Trinajstić information content (AvgIpc) is 2.99. The number of rotatable bonds is 5. The van der Waals surface area contributed by atoms with Crippen molar-refractivity contribution in [3.8, 4) is 17.2 Å². The second kappa shape index (κ2) is 6.99. The van der Waals surface area contributed by atoms with Gasteiger partial charge in [-0.05, 0) is 44.5 Å². The van der Waals surface area contributed by atoms with E-state index in [-0.39, 0.29) is 34.9 Å². The van der Waals surface area contributed by atoms with Crippen LogP contribution in [0.1, 0.15) is 19.4 Å². The first-order valence-corrected chi connectivity index (χ1v) is 7.97. The molecule has 0 aliphatic rings. The fourth-order valence-electron chi connectivity index (χ4n) is 2.42. The van der Waals surface area contributed by atoms with E-state index in [1.807, 2.05) is 20.8 Å². The Morgan fingerprint density at radius 2 is 1.92 bits per heavy atom. The third-order valence-corrected chi connectivity index (χ3v) is 3.42. The molecule has 0 saturated carbocycles. The number of benzene rings is 2. The van der Waals surface area contributed by atoms with Crippen LogP contribution in [0.5, 0.6) is 11.5 Å². The maximum absolute atomic E-state index is 14.6. The van der Waals surface area contributed by atoms with Crippen molar-refractivity contribution < 1.29 is 18.6 Å². The molecule has 0 radical (unpaired) electrons. The monoisotopic (exact) mass is 360 g/mol. The number of ether oxygens (including phenoxy) is 1. The number of phenolic OH excluding ortho intramolecular Hbond substituents is 1. The first-order chi connectivity index (χ1) is 12.3. The third-order valence-electron chi connectivity index (χ3n) is 3.42. The minimum atomic E-state index is -0.606. The first kappa shape index (κ1) is 17.7. The van der Waals surface area contributed by atoms with E-state index in [1.165, 1.54) is 23.1 Å². The van der Waals surface area contributed by atoms with Gasteiger partial charge in [0, 0.05) is 12.1 Å². The van der Waals surface area contributed by atoms with Crippen molar-refractivity contribution in [3.63, 3.8) is 0 Å². The number of anilines is 2. The molecule has 2 N–H and O–H groups in total. The summed E-state index contributed by atoms with van der Waals surface area (Å²) < 4.78 is 34.8. The Hall–Kier alpha value is -3.16. The molecule has 0 atom stereocenters. The van der Waals surface area contributed by atoms with Gasteiger partial charge in [-0.2, -0.15) is 4.98 Å². The van der Waals surface area contributed by atoms with E-state index in [9.17, 15) is 13.9 Å². The van der Waals surface area contributed by atoms with E-state index in [0.717, 1.165) is 11.6 Å². The molecule has 1 aromatic heterocycles. The van der Waals surface area contributed by atoms with Crippen LogP contribution in [0.3, 0.4) is 0 Å². The summed E-state index contributed by atoms with van der Waals surface area (Å²) in [6, 6.07) is 6.74. The largest absolute Gasteiger partial charge is 0.508 e. The summed E-state index contributed by atoms with van der Waals surface area (Å²) in [5.74, 6) is -1.13. The van der Waals surface area contributed by atoms with Crippen LogP contribution < -0.4 is 10.1 Å². The molecule has 1 heterocycles. The minimum absolute atomic E-state index is 0.119. The van der Waals surface area contributed by atoms with Gasteiger partial charge >= 0.3 is 0 Å². The maximum atomic E-state index is 14.6. The van der Waals surface area contributed by atoms with E-state index < -0.39 is 11.6 Å². The number of hydrogen-bond donors (Lipinski definition) is 2. The van der Waals surface area contributed by atoms with Crippen LogP contribution in [0, 0.1) is 18.6 Å². The minimum Gasteiger partial charge on any atom is -0.508 e. The van der Waals surface area contributed by atoms with Gasteiger partial charge in [-0.1, -0.05) is 0 Å². The van der Waals surface area contributed by atoms with Gasteiger partial charge in [0.2, 0.25) is 5.95 Å². The van der Waals surface area contributed by atoms with Crippen LogP contribution >= 0.6 is 0 Å². The van der Waals surface area contributed by atoms with Gasteiger partial charge in [0.25, 0.3) is 0 Å².